The van der Waals surface area contributed by atoms with Crippen LogP contribution in [0.15, 0.2) is 36.9 Å². The van der Waals surface area contributed by atoms with Crippen LogP contribution >= 0.6 is 0 Å². The van der Waals surface area contributed by atoms with Gasteiger partial charge in [-0.3, -0.25) is 14.4 Å². The number of pyridine rings is 1. The van der Waals surface area contributed by atoms with Gasteiger partial charge in [-0.05, 0) is 24.1 Å². The Morgan fingerprint density at radius 2 is 2.31 bits per heavy atom. The zero-order valence-electron chi connectivity index (χ0n) is 14.7. The standard InChI is InChI=1S/C18H22N6O2/c1-22-10-14(11-23-5-3-15(25)12-23)17(21-22)18(26)20-9-13-2-6-24-7-4-19-16(24)8-13/h2,4,6-8,10,15,25H,3,5,9,11-12H2,1H3,(H,20,26). The molecule has 0 aliphatic carbocycles. The molecule has 0 aromatic carbocycles. The summed E-state index contributed by atoms with van der Waals surface area (Å²) in [5.74, 6) is -0.191. The van der Waals surface area contributed by atoms with E-state index in [4.69, 9.17) is 0 Å². The molecule has 4 heterocycles. The molecular weight excluding hydrogens is 332 g/mol. The van der Waals surface area contributed by atoms with Crippen molar-refractivity contribution in [1.29, 1.82) is 0 Å². The van der Waals surface area contributed by atoms with Gasteiger partial charge >= 0.3 is 0 Å². The number of hydrogen-bond donors (Lipinski definition) is 2. The molecule has 1 aliphatic rings. The van der Waals surface area contributed by atoms with E-state index in [1.807, 2.05) is 42.2 Å². The monoisotopic (exact) mass is 354 g/mol. The lowest BCUT2D eigenvalue weighted by atomic mass is 10.2. The summed E-state index contributed by atoms with van der Waals surface area (Å²) < 4.78 is 3.58. The van der Waals surface area contributed by atoms with Crippen molar-refractivity contribution in [3.63, 3.8) is 0 Å². The molecule has 1 saturated heterocycles. The number of fused-ring (bicyclic) bond motifs is 1. The number of carbonyl (C=O) groups is 1. The molecule has 8 heteroatoms. The second-order valence-electron chi connectivity index (χ2n) is 6.76. The fourth-order valence-corrected chi connectivity index (χ4v) is 3.37. The van der Waals surface area contributed by atoms with Crippen molar-refractivity contribution in [3.05, 3.63) is 53.7 Å². The van der Waals surface area contributed by atoms with Crippen LogP contribution in [-0.4, -0.2) is 54.3 Å². The van der Waals surface area contributed by atoms with Crippen LogP contribution in [0.25, 0.3) is 5.65 Å². The van der Waals surface area contributed by atoms with Crippen molar-refractivity contribution >= 4 is 11.6 Å². The number of aliphatic hydroxyl groups is 1. The Balaban J connectivity index is 1.44. The first kappa shape index (κ1) is 16.7. The van der Waals surface area contributed by atoms with Gasteiger partial charge in [-0.15, -0.1) is 0 Å². The Labute approximate surface area is 151 Å². The molecule has 8 nitrogen and oxygen atoms in total. The first-order chi connectivity index (χ1) is 12.6. The van der Waals surface area contributed by atoms with Gasteiger partial charge in [0.2, 0.25) is 0 Å². The maximum atomic E-state index is 12.6. The van der Waals surface area contributed by atoms with Gasteiger partial charge in [0.25, 0.3) is 5.91 Å². The molecule has 136 valence electrons. The van der Waals surface area contributed by atoms with Gasteiger partial charge in [0, 0.05) is 63.6 Å². The van der Waals surface area contributed by atoms with Crippen LogP contribution in [0.1, 0.15) is 28.0 Å². The summed E-state index contributed by atoms with van der Waals surface area (Å²) in [7, 11) is 1.81. The average molecular weight is 354 g/mol. The highest BCUT2D eigenvalue weighted by atomic mass is 16.3. The molecule has 26 heavy (non-hydrogen) atoms. The van der Waals surface area contributed by atoms with Gasteiger partial charge in [0.1, 0.15) is 5.65 Å². The van der Waals surface area contributed by atoms with Crippen molar-refractivity contribution < 1.29 is 9.90 Å². The highest BCUT2D eigenvalue weighted by molar-refractivity contribution is 5.93. The molecule has 1 atom stereocenters. The van der Waals surface area contributed by atoms with Crippen LogP contribution in [0, 0.1) is 0 Å². The van der Waals surface area contributed by atoms with Crippen LogP contribution in [0.2, 0.25) is 0 Å². The van der Waals surface area contributed by atoms with Gasteiger partial charge in [0.05, 0.1) is 6.10 Å². The Bertz CT molecular complexity index is 931. The highest BCUT2D eigenvalue weighted by Crippen LogP contribution is 2.16. The van der Waals surface area contributed by atoms with E-state index < -0.39 is 0 Å². The molecule has 3 aromatic rings. The van der Waals surface area contributed by atoms with E-state index in [9.17, 15) is 9.90 Å². The molecule has 4 rings (SSSR count). The first-order valence-electron chi connectivity index (χ1n) is 8.71. The molecular formula is C18H22N6O2. The minimum absolute atomic E-state index is 0.191. The van der Waals surface area contributed by atoms with Crippen molar-refractivity contribution in [2.75, 3.05) is 13.1 Å². The van der Waals surface area contributed by atoms with Crippen molar-refractivity contribution in [2.45, 2.75) is 25.6 Å². The number of rotatable bonds is 5. The second-order valence-corrected chi connectivity index (χ2v) is 6.76. The minimum Gasteiger partial charge on any atom is -0.392 e. The molecule has 0 spiro atoms. The summed E-state index contributed by atoms with van der Waals surface area (Å²) in [6.07, 6.45) is 7.92. The van der Waals surface area contributed by atoms with E-state index in [1.54, 1.807) is 10.9 Å². The zero-order valence-corrected chi connectivity index (χ0v) is 14.7. The van der Waals surface area contributed by atoms with Crippen LogP contribution in [0.5, 0.6) is 0 Å². The number of aromatic nitrogens is 4. The summed E-state index contributed by atoms with van der Waals surface area (Å²) >= 11 is 0. The third-order valence-corrected chi connectivity index (χ3v) is 4.68. The molecule has 3 aromatic heterocycles. The summed E-state index contributed by atoms with van der Waals surface area (Å²) in [6, 6.07) is 3.91. The fraction of sp³-hybridized carbons (Fsp3) is 0.389. The molecule has 2 N–H and O–H groups in total. The molecule has 1 unspecified atom stereocenters. The predicted octanol–water partition coefficient (Wildman–Crippen LogP) is 0.564. The third-order valence-electron chi connectivity index (χ3n) is 4.68. The number of aliphatic hydroxyl groups excluding tert-OH is 1. The van der Waals surface area contributed by atoms with E-state index in [1.165, 1.54) is 0 Å². The minimum atomic E-state index is -0.276. The van der Waals surface area contributed by atoms with Gasteiger partial charge in [-0.25, -0.2) is 4.98 Å². The van der Waals surface area contributed by atoms with Crippen LogP contribution in [0.3, 0.4) is 0 Å². The van der Waals surface area contributed by atoms with Crippen LogP contribution in [0.4, 0.5) is 0 Å². The van der Waals surface area contributed by atoms with Gasteiger partial charge in [0.15, 0.2) is 5.69 Å². The number of imidazole rings is 1. The number of nitrogens with zero attached hydrogens (tertiary/aromatic N) is 5. The molecule has 1 amide bonds. The maximum Gasteiger partial charge on any atom is 0.272 e. The van der Waals surface area contributed by atoms with Gasteiger partial charge in [-0.2, -0.15) is 5.10 Å². The lowest BCUT2D eigenvalue weighted by molar-refractivity contribution is 0.0943. The van der Waals surface area contributed by atoms with E-state index in [2.05, 4.69) is 20.3 Å². The van der Waals surface area contributed by atoms with Crippen molar-refractivity contribution in [1.82, 2.24) is 29.4 Å². The van der Waals surface area contributed by atoms with Gasteiger partial charge < -0.3 is 14.8 Å². The van der Waals surface area contributed by atoms with E-state index >= 15 is 0 Å². The molecule has 1 fully saturated rings. The molecule has 1 aliphatic heterocycles. The Kier molecular flexibility index (Phi) is 4.44. The quantitative estimate of drug-likeness (QED) is 0.699. The molecule has 0 saturated carbocycles. The number of β-amino-alcohol motifs (C(OH)–C–C–N with tert-alkyl or cyclic N) is 1. The van der Waals surface area contributed by atoms with Gasteiger partial charge in [-0.1, -0.05) is 0 Å². The first-order valence-corrected chi connectivity index (χ1v) is 8.71. The number of carbonyl (C=O) groups excluding carboxylic acids is 1. The van der Waals surface area contributed by atoms with E-state index in [0.717, 1.165) is 29.7 Å². The normalized spacial score (nSPS) is 17.8. The lowest BCUT2D eigenvalue weighted by Gasteiger charge is -2.14. The van der Waals surface area contributed by atoms with E-state index in [0.29, 0.717) is 25.3 Å². The molecule has 0 bridgehead atoms. The molecule has 0 radical (unpaired) electrons. The Morgan fingerprint density at radius 1 is 1.42 bits per heavy atom. The maximum absolute atomic E-state index is 12.6. The Morgan fingerprint density at radius 3 is 3.12 bits per heavy atom. The smallest absolute Gasteiger partial charge is 0.272 e. The number of hydrogen-bond acceptors (Lipinski definition) is 5. The van der Waals surface area contributed by atoms with Crippen LogP contribution in [-0.2, 0) is 20.1 Å². The SMILES string of the molecule is Cn1cc(CN2CCC(O)C2)c(C(=O)NCc2ccn3ccnc3c2)n1. The largest absolute Gasteiger partial charge is 0.392 e. The number of aryl methyl sites for hydroxylation is 1. The van der Waals surface area contributed by atoms with E-state index in [-0.39, 0.29) is 12.0 Å². The van der Waals surface area contributed by atoms with Crippen molar-refractivity contribution in [3.8, 4) is 0 Å². The van der Waals surface area contributed by atoms with Crippen molar-refractivity contribution in [2.24, 2.45) is 7.05 Å². The summed E-state index contributed by atoms with van der Waals surface area (Å²) in [4.78, 5) is 19.0. The summed E-state index contributed by atoms with van der Waals surface area (Å²) in [6.45, 7) is 2.51. The number of likely N-dealkylation sites (tertiary alicyclic amines) is 1. The topological polar surface area (TPSA) is 87.7 Å². The Hall–Kier alpha value is -2.71. The second kappa shape index (κ2) is 6.89. The highest BCUT2D eigenvalue weighted by Gasteiger charge is 2.23. The summed E-state index contributed by atoms with van der Waals surface area (Å²) in [5.41, 5.74) is 3.15. The average Bonchev–Trinajstić information content (AvgIpc) is 3.33. The lowest BCUT2D eigenvalue weighted by Crippen LogP contribution is -2.27. The fourth-order valence-electron chi connectivity index (χ4n) is 3.37. The number of amides is 1. The zero-order chi connectivity index (χ0) is 18.1. The third kappa shape index (κ3) is 3.47. The summed E-state index contributed by atoms with van der Waals surface area (Å²) in [5, 5.41) is 16.9. The van der Waals surface area contributed by atoms with Crippen LogP contribution < -0.4 is 5.32 Å². The number of nitrogens with one attached hydrogen (secondary N) is 1. The predicted molar refractivity (Wildman–Crippen MR) is 95.5 cm³/mol.